The molecule has 0 bridgehead atoms. The average molecular weight is 378 g/mol. The van der Waals surface area contributed by atoms with E-state index in [1.807, 2.05) is 23.2 Å². The summed E-state index contributed by atoms with van der Waals surface area (Å²) in [5, 5.41) is 10.3. The van der Waals surface area contributed by atoms with Crippen LogP contribution in [0.5, 0.6) is 0 Å². The molecule has 0 spiro atoms. The van der Waals surface area contributed by atoms with Gasteiger partial charge in [0, 0.05) is 49.7 Å². The zero-order valence-electron chi connectivity index (χ0n) is 16.1. The van der Waals surface area contributed by atoms with Crippen LogP contribution < -0.4 is 10.7 Å². The molecule has 7 nitrogen and oxygen atoms in total. The first-order valence-electron chi connectivity index (χ1n) is 10.0. The van der Waals surface area contributed by atoms with E-state index in [-0.39, 0.29) is 6.04 Å². The van der Waals surface area contributed by atoms with Gasteiger partial charge in [-0.05, 0) is 42.5 Å². The van der Waals surface area contributed by atoms with Gasteiger partial charge in [-0.3, -0.25) is 9.48 Å². The molecule has 5 rings (SSSR count). The Morgan fingerprint density at radius 3 is 2.79 bits per heavy atom. The Balaban J connectivity index is 1.37. The summed E-state index contributed by atoms with van der Waals surface area (Å²) in [6.07, 6.45) is 8.61. The molecular weight excluding hydrogens is 352 g/mol. The summed E-state index contributed by atoms with van der Waals surface area (Å²) < 4.78 is 2.18. The fourth-order valence-corrected chi connectivity index (χ4v) is 4.01. The number of nitrogens with one attached hydrogen (secondary N) is 2. The van der Waals surface area contributed by atoms with Crippen LogP contribution in [-0.4, -0.2) is 39.7 Å². The van der Waals surface area contributed by atoms with Crippen molar-refractivity contribution in [1.82, 2.24) is 25.1 Å². The fraction of sp³-hybridized carbons (Fsp3) is 0.429. The van der Waals surface area contributed by atoms with E-state index in [4.69, 9.17) is 5.10 Å². The minimum absolute atomic E-state index is 0.214. The second-order valence-electron chi connectivity index (χ2n) is 8.03. The number of fused-ring (bicyclic) bond motifs is 1. The number of carbonyl (C=O) groups is 1. The van der Waals surface area contributed by atoms with Crippen molar-refractivity contribution in [3.8, 4) is 0 Å². The summed E-state index contributed by atoms with van der Waals surface area (Å²) in [6, 6.07) is 8.67. The lowest BCUT2D eigenvalue weighted by Crippen LogP contribution is -2.30. The number of carbonyl (C=O) groups excluding carboxylic acids is 1. The second-order valence-corrected chi connectivity index (χ2v) is 8.03. The van der Waals surface area contributed by atoms with Gasteiger partial charge in [0.25, 0.3) is 0 Å². The van der Waals surface area contributed by atoms with Crippen LogP contribution in [0.1, 0.15) is 35.7 Å². The van der Waals surface area contributed by atoms with Gasteiger partial charge in [0.2, 0.25) is 6.41 Å². The lowest BCUT2D eigenvalue weighted by atomic mass is 10.1. The molecule has 146 valence electrons. The van der Waals surface area contributed by atoms with Gasteiger partial charge in [-0.15, -0.1) is 0 Å². The maximum absolute atomic E-state index is 11.3. The minimum Gasteiger partial charge on any atom is -0.340 e. The molecule has 0 radical (unpaired) electrons. The maximum atomic E-state index is 11.3. The second kappa shape index (κ2) is 6.98. The highest BCUT2D eigenvalue weighted by Gasteiger charge is 2.28. The highest BCUT2D eigenvalue weighted by atomic mass is 16.1. The maximum Gasteiger partial charge on any atom is 0.210 e. The van der Waals surface area contributed by atoms with E-state index in [0.717, 1.165) is 48.9 Å². The molecule has 1 unspecified atom stereocenters. The number of amides is 1. The standard InChI is InChI=1S/C21H26N6O/c1-25-10-8-19(23-25)16-4-6-17(7-5-16)22-21-18-13-26(14-28)11-9-20(18)27(24-21)12-15-2-3-15/h4-8,10,14-15,19,23H,2-3,9,11-13H2,1H3,(H,22,24). The Labute approximate surface area is 165 Å². The molecular formula is C21H26N6O. The number of nitrogens with zero attached hydrogens (tertiary/aromatic N) is 4. The zero-order valence-corrected chi connectivity index (χ0v) is 16.1. The average Bonchev–Trinajstić information content (AvgIpc) is 3.34. The first-order chi connectivity index (χ1) is 13.7. The van der Waals surface area contributed by atoms with Crippen LogP contribution >= 0.6 is 0 Å². The van der Waals surface area contributed by atoms with Gasteiger partial charge < -0.3 is 15.2 Å². The van der Waals surface area contributed by atoms with Crippen LogP contribution in [0.2, 0.25) is 0 Å². The quantitative estimate of drug-likeness (QED) is 0.757. The van der Waals surface area contributed by atoms with Crippen molar-refractivity contribution in [3.63, 3.8) is 0 Å². The van der Waals surface area contributed by atoms with Gasteiger partial charge in [-0.2, -0.15) is 5.10 Å². The van der Waals surface area contributed by atoms with Gasteiger partial charge >= 0.3 is 0 Å². The Morgan fingerprint density at radius 1 is 1.29 bits per heavy atom. The molecule has 7 heteroatoms. The van der Waals surface area contributed by atoms with E-state index in [1.165, 1.54) is 24.1 Å². The number of hydrazine groups is 1. The highest BCUT2D eigenvalue weighted by Crippen LogP contribution is 2.34. The van der Waals surface area contributed by atoms with E-state index in [2.05, 4.69) is 45.8 Å². The van der Waals surface area contributed by atoms with Crippen molar-refractivity contribution in [2.24, 2.45) is 5.92 Å². The van der Waals surface area contributed by atoms with Gasteiger partial charge in [-0.1, -0.05) is 12.1 Å². The number of hydrogen-bond donors (Lipinski definition) is 2. The van der Waals surface area contributed by atoms with Crippen molar-refractivity contribution < 1.29 is 4.79 Å². The number of benzene rings is 1. The molecule has 1 aromatic heterocycles. The normalized spacial score (nSPS) is 21.1. The molecule has 28 heavy (non-hydrogen) atoms. The van der Waals surface area contributed by atoms with E-state index >= 15 is 0 Å². The van der Waals surface area contributed by atoms with E-state index < -0.39 is 0 Å². The Bertz CT molecular complexity index is 898. The van der Waals surface area contributed by atoms with E-state index in [9.17, 15) is 4.79 Å². The molecule has 3 heterocycles. The lowest BCUT2D eigenvalue weighted by molar-refractivity contribution is -0.118. The molecule has 2 N–H and O–H groups in total. The van der Waals surface area contributed by atoms with E-state index in [1.54, 1.807) is 0 Å². The molecule has 1 atom stereocenters. The summed E-state index contributed by atoms with van der Waals surface area (Å²) in [7, 11) is 2.00. The molecule has 2 aromatic rings. The van der Waals surface area contributed by atoms with Crippen molar-refractivity contribution >= 4 is 17.9 Å². The summed E-state index contributed by atoms with van der Waals surface area (Å²) in [6.45, 7) is 2.40. The monoisotopic (exact) mass is 378 g/mol. The molecule has 1 saturated carbocycles. The van der Waals surface area contributed by atoms with Crippen LogP contribution in [0.25, 0.3) is 0 Å². The van der Waals surface area contributed by atoms with Gasteiger partial charge in [0.1, 0.15) is 0 Å². The third-order valence-corrected chi connectivity index (χ3v) is 5.82. The van der Waals surface area contributed by atoms with Crippen molar-refractivity contribution in [1.29, 1.82) is 0 Å². The van der Waals surface area contributed by atoms with Crippen LogP contribution in [0.4, 0.5) is 11.5 Å². The number of anilines is 2. The molecule has 1 fully saturated rings. The van der Waals surface area contributed by atoms with Crippen molar-refractivity contribution in [2.45, 2.75) is 38.4 Å². The molecule has 1 amide bonds. The smallest absolute Gasteiger partial charge is 0.210 e. The van der Waals surface area contributed by atoms with Crippen LogP contribution in [0.15, 0.2) is 36.5 Å². The predicted octanol–water partition coefficient (Wildman–Crippen LogP) is 2.56. The SMILES string of the molecule is CN1C=CC(c2ccc(Nc3nn(CC4CC4)c4c3CN(C=O)CC4)cc2)N1. The Kier molecular flexibility index (Phi) is 4.31. The highest BCUT2D eigenvalue weighted by molar-refractivity contribution is 5.62. The minimum atomic E-state index is 0.214. The summed E-state index contributed by atoms with van der Waals surface area (Å²) in [4.78, 5) is 13.1. The van der Waals surface area contributed by atoms with Crippen molar-refractivity contribution in [2.75, 3.05) is 18.9 Å². The van der Waals surface area contributed by atoms with Crippen LogP contribution in [-0.2, 0) is 24.3 Å². The topological polar surface area (TPSA) is 65.4 Å². The van der Waals surface area contributed by atoms with Gasteiger partial charge in [0.15, 0.2) is 5.82 Å². The van der Waals surface area contributed by atoms with Crippen molar-refractivity contribution in [3.05, 3.63) is 53.4 Å². The Morgan fingerprint density at radius 2 is 2.11 bits per heavy atom. The van der Waals surface area contributed by atoms with Gasteiger partial charge in [-0.25, -0.2) is 5.43 Å². The van der Waals surface area contributed by atoms with E-state index in [0.29, 0.717) is 6.54 Å². The van der Waals surface area contributed by atoms with Crippen LogP contribution in [0, 0.1) is 5.92 Å². The Hall–Kier alpha value is -2.80. The number of rotatable bonds is 6. The lowest BCUT2D eigenvalue weighted by Gasteiger charge is -2.24. The molecule has 2 aliphatic heterocycles. The molecule has 0 saturated heterocycles. The predicted molar refractivity (Wildman–Crippen MR) is 108 cm³/mol. The number of hydrogen-bond acceptors (Lipinski definition) is 5. The third-order valence-electron chi connectivity index (χ3n) is 5.82. The molecule has 3 aliphatic rings. The molecule has 1 aliphatic carbocycles. The largest absolute Gasteiger partial charge is 0.340 e. The fourth-order valence-electron chi connectivity index (χ4n) is 4.01. The first kappa shape index (κ1) is 17.3. The van der Waals surface area contributed by atoms with Crippen LogP contribution in [0.3, 0.4) is 0 Å². The first-order valence-corrected chi connectivity index (χ1v) is 10.0. The van der Waals surface area contributed by atoms with Gasteiger partial charge in [0.05, 0.1) is 12.6 Å². The summed E-state index contributed by atoms with van der Waals surface area (Å²) in [5.41, 5.74) is 8.05. The zero-order chi connectivity index (χ0) is 19.1. The molecule has 1 aromatic carbocycles. The number of aromatic nitrogens is 2. The summed E-state index contributed by atoms with van der Waals surface area (Å²) >= 11 is 0. The summed E-state index contributed by atoms with van der Waals surface area (Å²) in [5.74, 6) is 1.65. The third kappa shape index (κ3) is 3.38.